The third-order valence-corrected chi connectivity index (χ3v) is 0.752. The zero-order chi connectivity index (χ0) is 5.28. The highest BCUT2D eigenvalue weighted by Crippen LogP contribution is 2.17. The highest BCUT2D eigenvalue weighted by atomic mass is 35.5. The van der Waals surface area contributed by atoms with Crippen LogP contribution in [0.4, 0.5) is 0 Å². The molecule has 0 radical (unpaired) electrons. The quantitative estimate of drug-likeness (QED) is 0.562. The van der Waals surface area contributed by atoms with Gasteiger partial charge in [-0.1, -0.05) is 11.6 Å². The zero-order valence-electron chi connectivity index (χ0n) is 3.39. The first-order valence-electron chi connectivity index (χ1n) is 1.72. The summed E-state index contributed by atoms with van der Waals surface area (Å²) in [5.74, 6) is -0.148. The van der Waals surface area contributed by atoms with E-state index in [0.29, 0.717) is 5.02 Å². The minimum atomic E-state index is -0.148. The molecule has 1 aromatic heterocycles. The highest BCUT2D eigenvalue weighted by Gasteiger charge is 1.91. The van der Waals surface area contributed by atoms with Gasteiger partial charge in [0.15, 0.2) is 0 Å². The van der Waals surface area contributed by atoms with Gasteiger partial charge in [-0.05, 0) is 0 Å². The molecule has 1 rings (SSSR count). The Hall–Kier alpha value is -0.630. The first kappa shape index (κ1) is 4.53. The van der Waals surface area contributed by atoms with Gasteiger partial charge in [0.05, 0.1) is 5.02 Å². The Morgan fingerprint density at radius 2 is 2.43 bits per heavy atom. The van der Waals surface area contributed by atoms with Crippen LogP contribution < -0.4 is 0 Å². The van der Waals surface area contributed by atoms with Crippen LogP contribution in [0.25, 0.3) is 0 Å². The van der Waals surface area contributed by atoms with Crippen LogP contribution in [0.15, 0.2) is 16.7 Å². The van der Waals surface area contributed by atoms with Gasteiger partial charge in [0.2, 0.25) is 0 Å². The van der Waals surface area contributed by atoms with Crippen LogP contribution in [-0.2, 0) is 0 Å². The fourth-order valence-electron chi connectivity index (χ4n) is 0.303. The molecule has 0 aliphatic carbocycles. The van der Waals surface area contributed by atoms with Crippen LogP contribution >= 0.6 is 11.6 Å². The fourth-order valence-corrected chi connectivity index (χ4v) is 0.441. The van der Waals surface area contributed by atoms with Gasteiger partial charge in [0.1, 0.15) is 6.26 Å². The molecular weight excluding hydrogens is 115 g/mol. The maximum atomic E-state index is 8.40. The summed E-state index contributed by atoms with van der Waals surface area (Å²) in [5.41, 5.74) is 0. The van der Waals surface area contributed by atoms with E-state index in [4.69, 9.17) is 16.7 Å². The summed E-state index contributed by atoms with van der Waals surface area (Å²) in [6.07, 6.45) is 1.26. The van der Waals surface area contributed by atoms with Crippen molar-refractivity contribution in [2.45, 2.75) is 0 Å². The van der Waals surface area contributed by atoms with E-state index in [1.165, 1.54) is 12.3 Å². The molecule has 0 saturated heterocycles. The second kappa shape index (κ2) is 1.46. The molecule has 1 aromatic rings. The lowest BCUT2D eigenvalue weighted by molar-refractivity contribution is 0.332. The Morgan fingerprint density at radius 3 is 2.57 bits per heavy atom. The van der Waals surface area contributed by atoms with E-state index < -0.39 is 0 Å². The van der Waals surface area contributed by atoms with Gasteiger partial charge in [-0.2, -0.15) is 0 Å². The molecular formula is C4H3ClO2. The van der Waals surface area contributed by atoms with Crippen molar-refractivity contribution in [3.05, 3.63) is 17.4 Å². The SMILES string of the molecule is Oc1cc(Cl)co1. The van der Waals surface area contributed by atoms with Crippen molar-refractivity contribution in [1.29, 1.82) is 0 Å². The lowest BCUT2D eigenvalue weighted by Gasteiger charge is -1.69. The molecule has 0 bridgehead atoms. The van der Waals surface area contributed by atoms with E-state index in [0.717, 1.165) is 0 Å². The number of aromatic hydroxyl groups is 1. The number of hydrogen-bond acceptors (Lipinski definition) is 2. The topological polar surface area (TPSA) is 33.4 Å². The number of rotatable bonds is 0. The molecule has 0 atom stereocenters. The van der Waals surface area contributed by atoms with E-state index in [1.807, 2.05) is 0 Å². The number of furan rings is 1. The predicted octanol–water partition coefficient (Wildman–Crippen LogP) is 1.64. The van der Waals surface area contributed by atoms with Gasteiger partial charge in [0.25, 0.3) is 5.95 Å². The molecule has 0 aliphatic heterocycles. The maximum absolute atomic E-state index is 8.40. The fraction of sp³-hybridized carbons (Fsp3) is 0. The van der Waals surface area contributed by atoms with Gasteiger partial charge in [-0.15, -0.1) is 0 Å². The molecule has 0 aromatic carbocycles. The summed E-state index contributed by atoms with van der Waals surface area (Å²) < 4.78 is 4.39. The third-order valence-electron chi connectivity index (χ3n) is 0.554. The second-order valence-corrected chi connectivity index (χ2v) is 1.54. The first-order valence-corrected chi connectivity index (χ1v) is 2.10. The molecule has 1 heterocycles. The Morgan fingerprint density at radius 1 is 1.71 bits per heavy atom. The first-order chi connectivity index (χ1) is 3.29. The van der Waals surface area contributed by atoms with E-state index in [-0.39, 0.29) is 5.95 Å². The van der Waals surface area contributed by atoms with E-state index in [1.54, 1.807) is 0 Å². The number of hydrogen-bond donors (Lipinski definition) is 1. The van der Waals surface area contributed by atoms with E-state index >= 15 is 0 Å². The van der Waals surface area contributed by atoms with Crippen LogP contribution in [0.3, 0.4) is 0 Å². The van der Waals surface area contributed by atoms with Crippen LogP contribution in [0.1, 0.15) is 0 Å². The van der Waals surface area contributed by atoms with E-state index in [2.05, 4.69) is 4.42 Å². The number of halogens is 1. The van der Waals surface area contributed by atoms with Crippen LogP contribution in [-0.4, -0.2) is 5.11 Å². The maximum Gasteiger partial charge on any atom is 0.283 e. The molecule has 0 spiro atoms. The summed E-state index contributed by atoms with van der Waals surface area (Å²) >= 11 is 5.31. The Kier molecular flexibility index (Phi) is 0.947. The standard InChI is InChI=1S/C4H3ClO2/c5-3-1-4(6)7-2-3/h1-2,6H. The van der Waals surface area contributed by atoms with Gasteiger partial charge < -0.3 is 9.52 Å². The Balaban J connectivity index is 3.04. The average molecular weight is 119 g/mol. The van der Waals surface area contributed by atoms with Gasteiger partial charge in [-0.25, -0.2) is 0 Å². The molecule has 1 N–H and O–H groups in total. The Labute approximate surface area is 45.3 Å². The minimum absolute atomic E-state index is 0.148. The molecule has 0 fully saturated rings. The van der Waals surface area contributed by atoms with Crippen molar-refractivity contribution in [3.8, 4) is 5.95 Å². The monoisotopic (exact) mass is 118 g/mol. The minimum Gasteiger partial charge on any atom is -0.481 e. The third kappa shape index (κ3) is 0.871. The molecule has 2 nitrogen and oxygen atoms in total. The summed E-state index contributed by atoms with van der Waals surface area (Å²) in [4.78, 5) is 0. The van der Waals surface area contributed by atoms with Crippen molar-refractivity contribution >= 4 is 11.6 Å². The molecule has 0 saturated carbocycles. The molecule has 0 aliphatic rings. The molecule has 0 unspecified atom stereocenters. The van der Waals surface area contributed by atoms with Crippen LogP contribution in [0.5, 0.6) is 5.95 Å². The van der Waals surface area contributed by atoms with Crippen molar-refractivity contribution in [2.75, 3.05) is 0 Å². The van der Waals surface area contributed by atoms with Crippen LogP contribution in [0.2, 0.25) is 5.02 Å². The van der Waals surface area contributed by atoms with Crippen molar-refractivity contribution in [1.82, 2.24) is 0 Å². The van der Waals surface area contributed by atoms with Gasteiger partial charge in [-0.3, -0.25) is 0 Å². The smallest absolute Gasteiger partial charge is 0.283 e. The largest absolute Gasteiger partial charge is 0.481 e. The highest BCUT2D eigenvalue weighted by molar-refractivity contribution is 6.30. The van der Waals surface area contributed by atoms with Crippen molar-refractivity contribution < 1.29 is 9.52 Å². The summed E-state index contributed by atoms with van der Waals surface area (Å²) in [6, 6.07) is 1.32. The predicted molar refractivity (Wildman–Crippen MR) is 25.4 cm³/mol. The summed E-state index contributed by atoms with van der Waals surface area (Å²) in [5, 5.41) is 8.82. The second-order valence-electron chi connectivity index (χ2n) is 1.10. The lowest BCUT2D eigenvalue weighted by Crippen LogP contribution is -1.42. The van der Waals surface area contributed by atoms with Gasteiger partial charge in [0, 0.05) is 6.07 Å². The Bertz CT molecular complexity index is 142. The average Bonchev–Trinajstić information content (AvgIpc) is 1.87. The zero-order valence-corrected chi connectivity index (χ0v) is 4.14. The van der Waals surface area contributed by atoms with Crippen molar-refractivity contribution in [3.63, 3.8) is 0 Å². The molecule has 0 amide bonds. The van der Waals surface area contributed by atoms with Gasteiger partial charge >= 0.3 is 0 Å². The lowest BCUT2D eigenvalue weighted by atomic mass is 10.6. The molecule has 38 valence electrons. The summed E-state index contributed by atoms with van der Waals surface area (Å²) in [6.45, 7) is 0. The van der Waals surface area contributed by atoms with E-state index in [9.17, 15) is 0 Å². The van der Waals surface area contributed by atoms with Crippen LogP contribution in [0, 0.1) is 0 Å². The molecule has 7 heavy (non-hydrogen) atoms. The summed E-state index contributed by atoms with van der Waals surface area (Å²) in [7, 11) is 0. The molecule has 3 heteroatoms. The van der Waals surface area contributed by atoms with Crippen molar-refractivity contribution in [2.24, 2.45) is 0 Å². The normalized spacial score (nSPS) is 9.29.